The standard InChI is InChI=1S/C13H18N2S2/c1-3-4-15-13(5-11-6-14-9-17-11)12-8-16-7-10(12)2/h6-9,13,15H,3-5H2,1-2H3. The van der Waals surface area contributed by atoms with E-state index in [4.69, 9.17) is 0 Å². The molecule has 0 spiro atoms. The molecule has 2 rings (SSSR count). The highest BCUT2D eigenvalue weighted by Gasteiger charge is 2.15. The molecule has 1 atom stereocenters. The summed E-state index contributed by atoms with van der Waals surface area (Å²) < 4.78 is 0. The van der Waals surface area contributed by atoms with Crippen molar-refractivity contribution >= 4 is 22.7 Å². The van der Waals surface area contributed by atoms with Gasteiger partial charge in [0.25, 0.3) is 0 Å². The molecule has 0 aliphatic rings. The smallest absolute Gasteiger partial charge is 0.0794 e. The first-order valence-electron chi connectivity index (χ1n) is 5.94. The Balaban J connectivity index is 2.11. The van der Waals surface area contributed by atoms with Gasteiger partial charge in [-0.2, -0.15) is 11.3 Å². The van der Waals surface area contributed by atoms with Crippen molar-refractivity contribution in [1.29, 1.82) is 0 Å². The molecule has 1 N–H and O–H groups in total. The molecule has 2 aromatic rings. The Morgan fingerprint density at radius 3 is 2.88 bits per heavy atom. The van der Waals surface area contributed by atoms with Crippen molar-refractivity contribution in [1.82, 2.24) is 10.3 Å². The molecule has 0 aliphatic heterocycles. The highest BCUT2D eigenvalue weighted by molar-refractivity contribution is 7.09. The molecule has 0 bridgehead atoms. The Hall–Kier alpha value is -0.710. The third kappa shape index (κ3) is 3.37. The monoisotopic (exact) mass is 266 g/mol. The molecule has 1 unspecified atom stereocenters. The number of aryl methyl sites for hydroxylation is 1. The van der Waals surface area contributed by atoms with Crippen molar-refractivity contribution in [3.05, 3.63) is 38.5 Å². The zero-order chi connectivity index (χ0) is 12.1. The summed E-state index contributed by atoms with van der Waals surface area (Å²) in [5.74, 6) is 0. The Bertz CT molecular complexity index is 434. The highest BCUT2D eigenvalue weighted by Crippen LogP contribution is 2.26. The lowest BCUT2D eigenvalue weighted by Crippen LogP contribution is -2.24. The van der Waals surface area contributed by atoms with Gasteiger partial charge < -0.3 is 5.32 Å². The van der Waals surface area contributed by atoms with E-state index < -0.39 is 0 Å². The van der Waals surface area contributed by atoms with Gasteiger partial charge in [0, 0.05) is 23.5 Å². The van der Waals surface area contributed by atoms with Gasteiger partial charge >= 0.3 is 0 Å². The average Bonchev–Trinajstić information content (AvgIpc) is 2.95. The summed E-state index contributed by atoms with van der Waals surface area (Å²) in [5.41, 5.74) is 4.75. The summed E-state index contributed by atoms with van der Waals surface area (Å²) in [4.78, 5) is 5.50. The Morgan fingerprint density at radius 2 is 2.29 bits per heavy atom. The largest absolute Gasteiger partial charge is 0.310 e. The molecule has 2 aromatic heterocycles. The van der Waals surface area contributed by atoms with Gasteiger partial charge in [-0.3, -0.25) is 4.98 Å². The summed E-state index contributed by atoms with van der Waals surface area (Å²) in [5, 5.41) is 8.13. The van der Waals surface area contributed by atoms with Crippen molar-refractivity contribution in [2.45, 2.75) is 32.7 Å². The molecule has 0 aromatic carbocycles. The van der Waals surface area contributed by atoms with Crippen LogP contribution in [-0.4, -0.2) is 11.5 Å². The molecule has 17 heavy (non-hydrogen) atoms. The maximum absolute atomic E-state index is 4.15. The summed E-state index contributed by atoms with van der Waals surface area (Å²) in [6, 6.07) is 0.432. The van der Waals surface area contributed by atoms with Crippen LogP contribution in [0.2, 0.25) is 0 Å². The lowest BCUT2D eigenvalue weighted by molar-refractivity contribution is 0.531. The molecule has 0 radical (unpaired) electrons. The molecule has 0 aliphatic carbocycles. The second-order valence-corrected chi connectivity index (χ2v) is 5.90. The summed E-state index contributed by atoms with van der Waals surface area (Å²) in [6.07, 6.45) is 4.19. The first-order valence-corrected chi connectivity index (χ1v) is 7.77. The van der Waals surface area contributed by atoms with E-state index in [0.717, 1.165) is 13.0 Å². The number of thiazole rings is 1. The topological polar surface area (TPSA) is 24.9 Å². The summed E-state index contributed by atoms with van der Waals surface area (Å²) >= 11 is 3.53. The Kier molecular flexibility index (Phi) is 4.71. The summed E-state index contributed by atoms with van der Waals surface area (Å²) in [6.45, 7) is 5.47. The van der Waals surface area contributed by atoms with Crippen LogP contribution in [-0.2, 0) is 6.42 Å². The lowest BCUT2D eigenvalue weighted by atomic mass is 10.0. The molecule has 0 fully saturated rings. The minimum Gasteiger partial charge on any atom is -0.310 e. The molecular weight excluding hydrogens is 248 g/mol. The van der Waals surface area contributed by atoms with Gasteiger partial charge in [0.1, 0.15) is 0 Å². The second kappa shape index (κ2) is 6.28. The van der Waals surface area contributed by atoms with Crippen LogP contribution >= 0.6 is 22.7 Å². The summed E-state index contributed by atoms with van der Waals surface area (Å²) in [7, 11) is 0. The van der Waals surface area contributed by atoms with Gasteiger partial charge in [-0.1, -0.05) is 6.92 Å². The molecule has 0 saturated heterocycles. The maximum Gasteiger partial charge on any atom is 0.0794 e. The van der Waals surface area contributed by atoms with Crippen molar-refractivity contribution in [2.75, 3.05) is 6.54 Å². The van der Waals surface area contributed by atoms with Gasteiger partial charge in [-0.15, -0.1) is 11.3 Å². The van der Waals surface area contributed by atoms with Gasteiger partial charge in [0.05, 0.1) is 5.51 Å². The van der Waals surface area contributed by atoms with Crippen LogP contribution in [0.15, 0.2) is 22.5 Å². The van der Waals surface area contributed by atoms with Crippen LogP contribution in [0.4, 0.5) is 0 Å². The number of rotatable bonds is 6. The van der Waals surface area contributed by atoms with Crippen LogP contribution in [0, 0.1) is 6.92 Å². The number of thiophene rings is 1. The van der Waals surface area contributed by atoms with E-state index >= 15 is 0 Å². The molecule has 2 heterocycles. The van der Waals surface area contributed by atoms with Crippen LogP contribution in [0.1, 0.15) is 35.4 Å². The minimum absolute atomic E-state index is 0.432. The SMILES string of the molecule is CCCNC(Cc1cncs1)c1cscc1C. The average molecular weight is 266 g/mol. The quantitative estimate of drug-likeness (QED) is 0.860. The lowest BCUT2D eigenvalue weighted by Gasteiger charge is -2.17. The fraction of sp³-hybridized carbons (Fsp3) is 0.462. The van der Waals surface area contributed by atoms with E-state index in [9.17, 15) is 0 Å². The van der Waals surface area contributed by atoms with Crippen LogP contribution < -0.4 is 5.32 Å². The van der Waals surface area contributed by atoms with Crippen molar-refractivity contribution in [3.8, 4) is 0 Å². The molecule has 92 valence electrons. The van der Waals surface area contributed by atoms with E-state index in [2.05, 4.69) is 34.9 Å². The molecule has 0 saturated carbocycles. The highest BCUT2D eigenvalue weighted by atomic mass is 32.1. The normalized spacial score (nSPS) is 12.8. The minimum atomic E-state index is 0.432. The van der Waals surface area contributed by atoms with E-state index in [1.807, 2.05) is 11.7 Å². The maximum atomic E-state index is 4.15. The third-order valence-corrected chi connectivity index (χ3v) is 4.48. The number of hydrogen-bond acceptors (Lipinski definition) is 4. The van der Waals surface area contributed by atoms with Gasteiger partial charge in [-0.25, -0.2) is 0 Å². The van der Waals surface area contributed by atoms with Gasteiger partial charge in [0.2, 0.25) is 0 Å². The predicted molar refractivity (Wildman–Crippen MR) is 75.9 cm³/mol. The fourth-order valence-electron chi connectivity index (χ4n) is 1.88. The zero-order valence-corrected chi connectivity index (χ0v) is 11.9. The predicted octanol–water partition coefficient (Wildman–Crippen LogP) is 3.80. The van der Waals surface area contributed by atoms with Crippen molar-refractivity contribution in [3.63, 3.8) is 0 Å². The Morgan fingerprint density at radius 1 is 1.41 bits per heavy atom. The Labute approximate surface area is 111 Å². The number of nitrogens with one attached hydrogen (secondary N) is 1. The van der Waals surface area contributed by atoms with Crippen molar-refractivity contribution < 1.29 is 0 Å². The molecular formula is C13H18N2S2. The van der Waals surface area contributed by atoms with E-state index in [1.165, 1.54) is 22.4 Å². The van der Waals surface area contributed by atoms with Crippen LogP contribution in [0.25, 0.3) is 0 Å². The second-order valence-electron chi connectivity index (χ2n) is 4.19. The molecule has 0 amide bonds. The van der Waals surface area contributed by atoms with E-state index in [0.29, 0.717) is 6.04 Å². The molecule has 4 heteroatoms. The number of hydrogen-bond donors (Lipinski definition) is 1. The van der Waals surface area contributed by atoms with Gasteiger partial charge in [0.15, 0.2) is 0 Å². The third-order valence-electron chi connectivity index (χ3n) is 2.80. The zero-order valence-electron chi connectivity index (χ0n) is 10.3. The van der Waals surface area contributed by atoms with Crippen LogP contribution in [0.5, 0.6) is 0 Å². The van der Waals surface area contributed by atoms with Gasteiger partial charge in [-0.05, 0) is 41.8 Å². The number of aromatic nitrogens is 1. The van der Waals surface area contributed by atoms with E-state index in [-0.39, 0.29) is 0 Å². The van der Waals surface area contributed by atoms with Crippen LogP contribution in [0.3, 0.4) is 0 Å². The first-order chi connectivity index (χ1) is 8.31. The molecule has 2 nitrogen and oxygen atoms in total. The van der Waals surface area contributed by atoms with E-state index in [1.54, 1.807) is 22.7 Å². The first kappa shape index (κ1) is 12.7. The van der Waals surface area contributed by atoms with Crippen molar-refractivity contribution in [2.24, 2.45) is 0 Å². The fourth-order valence-corrected chi connectivity index (χ4v) is 3.43. The number of nitrogens with zero attached hydrogens (tertiary/aromatic N) is 1.